The molecule has 0 aliphatic carbocycles. The maximum atomic E-state index is 13.1. The number of aliphatic carboxylic acids is 2. The van der Waals surface area contributed by atoms with E-state index < -0.39 is 58.7 Å². The number of nitrogens with one attached hydrogen (secondary N) is 2. The summed E-state index contributed by atoms with van der Waals surface area (Å²) in [6.07, 6.45) is -1.51. The van der Waals surface area contributed by atoms with Crippen molar-refractivity contribution in [1.29, 1.82) is 0 Å². The number of nitrogens with two attached hydrogens (primary N) is 1. The molecule has 0 spiro atoms. The molecule has 18 nitrogen and oxygen atoms in total. The highest BCUT2D eigenvalue weighted by atomic mass is 32.2. The number of carbonyl (C=O) groups is 5. The van der Waals surface area contributed by atoms with Gasteiger partial charge >= 0.3 is 18.0 Å². The Kier molecular flexibility index (Phi) is 11.1. The number of fused-ring (bicyclic) bond motifs is 1. The Bertz CT molecular complexity index is 1590. The van der Waals surface area contributed by atoms with E-state index in [1.165, 1.54) is 41.8 Å². The maximum Gasteiger partial charge on any atom is 0.407 e. The molecule has 22 heteroatoms. The van der Waals surface area contributed by atoms with Gasteiger partial charge in [-0.3, -0.25) is 14.5 Å². The summed E-state index contributed by atoms with van der Waals surface area (Å²) in [6.45, 7) is 6.79. The Hall–Kier alpha value is -4.02. The first-order valence-corrected chi connectivity index (χ1v) is 17.0. The fourth-order valence-electron chi connectivity index (χ4n) is 3.83. The number of nitrogens with zero attached hydrogens (tertiary/aromatic N) is 6. The van der Waals surface area contributed by atoms with Crippen molar-refractivity contribution < 1.29 is 43.8 Å². The van der Waals surface area contributed by atoms with Crippen LogP contribution in [0.15, 0.2) is 20.8 Å². The number of hydrogen-bond acceptors (Lipinski definition) is 17. The molecule has 1 fully saturated rings. The Labute approximate surface area is 277 Å². The zero-order valence-electron chi connectivity index (χ0n) is 24.7. The van der Waals surface area contributed by atoms with Crippen LogP contribution in [-0.2, 0) is 35.2 Å². The lowest BCUT2D eigenvalue weighted by atomic mass is 10.0. The van der Waals surface area contributed by atoms with E-state index in [1.807, 2.05) is 0 Å². The van der Waals surface area contributed by atoms with Crippen molar-refractivity contribution in [3.63, 3.8) is 0 Å². The summed E-state index contributed by atoms with van der Waals surface area (Å²) in [6, 6.07) is -1.11. The molecule has 2 aromatic rings. The Balaban J connectivity index is 1.38. The number of β-lactam (4-membered cyclic amide) rings is 1. The summed E-state index contributed by atoms with van der Waals surface area (Å²) in [5.41, 5.74) is 4.80. The van der Waals surface area contributed by atoms with Crippen LogP contribution in [0.5, 0.6) is 0 Å². The molecule has 248 valence electrons. The minimum atomic E-state index is -1.40. The fourth-order valence-corrected chi connectivity index (χ4v) is 7.64. The third-order valence-electron chi connectivity index (χ3n) is 5.88. The smallest absolute Gasteiger partial charge is 0.407 e. The lowest BCUT2D eigenvalue weighted by Crippen LogP contribution is -2.71. The monoisotopic (exact) mass is 715 g/mol. The van der Waals surface area contributed by atoms with Gasteiger partial charge < -0.3 is 36.2 Å². The second-order valence-corrected chi connectivity index (χ2v) is 14.7. The van der Waals surface area contributed by atoms with Crippen molar-refractivity contribution in [2.45, 2.75) is 61.6 Å². The minimum absolute atomic E-state index is 0.0112. The van der Waals surface area contributed by atoms with Crippen LogP contribution < -0.4 is 16.4 Å². The van der Waals surface area contributed by atoms with Crippen LogP contribution >= 0.6 is 46.4 Å². The molecule has 2 unspecified atom stereocenters. The number of rotatable bonds is 13. The molecule has 0 saturated carbocycles. The molecule has 4 rings (SSSR count). The SMILES string of the molecule is CC(ON=C(C(=O)NC1C(=O)N2C(C(=O)O)=C(CSc3nnc(CCNC(=O)OC(C)(C)C)s3)CS[C@@H]12)c1nsc(N)n1)C(=O)O. The molecular formula is C24H29N9O9S4. The lowest BCUT2D eigenvalue weighted by molar-refractivity contribution is -0.150. The molecule has 0 radical (unpaired) electrons. The van der Waals surface area contributed by atoms with E-state index in [1.54, 1.807) is 20.8 Å². The highest BCUT2D eigenvalue weighted by Gasteiger charge is 2.54. The standard InChI is InChI=1S/C24H29N9O9S4/c1-9(19(36)37)42-31-12(15-28-21(25)46-32-15)16(34)27-13-17(35)33-14(20(38)39)10(7-43-18(13)33)8-44-23-30-29-11(45-23)5-6-26-22(40)41-24(2,3)4/h9,13,18H,5-8H2,1-4H3,(H,26,40)(H,27,34)(H,36,37)(H,38,39)(H2,25,28,32)/t9?,13?,18-/m0/s1. The van der Waals surface area contributed by atoms with Crippen molar-refractivity contribution in [1.82, 2.24) is 35.1 Å². The van der Waals surface area contributed by atoms with Gasteiger partial charge in [-0.2, -0.15) is 9.36 Å². The predicted molar refractivity (Wildman–Crippen MR) is 167 cm³/mol. The first-order valence-electron chi connectivity index (χ1n) is 13.3. The molecule has 2 aliphatic heterocycles. The third-order valence-corrected chi connectivity index (χ3v) is 9.96. The normalized spacial score (nSPS) is 18.7. The Morgan fingerprint density at radius 3 is 2.61 bits per heavy atom. The van der Waals surface area contributed by atoms with Crippen LogP contribution in [-0.4, -0.2) is 111 Å². The Morgan fingerprint density at radius 2 is 1.98 bits per heavy atom. The predicted octanol–water partition coefficient (Wildman–Crippen LogP) is 0.764. The summed E-state index contributed by atoms with van der Waals surface area (Å²) in [5, 5.41) is 36.0. The van der Waals surface area contributed by atoms with Gasteiger partial charge in [0.2, 0.25) is 17.6 Å². The third kappa shape index (κ3) is 8.61. The number of carboxylic acids is 2. The van der Waals surface area contributed by atoms with Crippen molar-refractivity contribution in [3.8, 4) is 0 Å². The molecule has 2 aromatic heterocycles. The van der Waals surface area contributed by atoms with E-state index >= 15 is 0 Å². The first kappa shape index (κ1) is 34.8. The zero-order valence-corrected chi connectivity index (χ0v) is 28.0. The molecule has 46 heavy (non-hydrogen) atoms. The lowest BCUT2D eigenvalue weighted by Gasteiger charge is -2.49. The van der Waals surface area contributed by atoms with E-state index in [4.69, 9.17) is 20.4 Å². The number of ether oxygens (including phenoxy) is 1. The second kappa shape index (κ2) is 14.6. The summed E-state index contributed by atoms with van der Waals surface area (Å²) in [7, 11) is 0. The molecule has 6 N–H and O–H groups in total. The number of carbonyl (C=O) groups excluding carboxylic acids is 3. The maximum absolute atomic E-state index is 13.1. The quantitative estimate of drug-likeness (QED) is 0.0830. The summed E-state index contributed by atoms with van der Waals surface area (Å²) in [4.78, 5) is 71.3. The number of carboxylic acid groups (broad SMARTS) is 2. The van der Waals surface area contributed by atoms with Gasteiger partial charge in [-0.25, -0.2) is 14.4 Å². The number of amides is 3. The van der Waals surface area contributed by atoms with Crippen LogP contribution in [0, 0.1) is 0 Å². The largest absolute Gasteiger partial charge is 0.478 e. The number of hydrogen-bond donors (Lipinski definition) is 5. The van der Waals surface area contributed by atoms with Crippen molar-refractivity contribution in [2.75, 3.05) is 23.8 Å². The van der Waals surface area contributed by atoms with Crippen LogP contribution in [0.4, 0.5) is 9.93 Å². The molecular weight excluding hydrogens is 687 g/mol. The van der Waals surface area contributed by atoms with Crippen molar-refractivity contribution >= 4 is 87.1 Å². The molecule has 4 heterocycles. The number of oxime groups is 1. The average Bonchev–Trinajstić information content (AvgIpc) is 3.61. The number of nitrogen functional groups attached to an aromatic ring is 1. The van der Waals surface area contributed by atoms with E-state index in [9.17, 15) is 29.1 Å². The summed E-state index contributed by atoms with van der Waals surface area (Å²) >= 11 is 4.59. The van der Waals surface area contributed by atoms with Crippen molar-refractivity contribution in [3.05, 3.63) is 22.1 Å². The number of aromatic nitrogens is 4. The topological polar surface area (TPSA) is 262 Å². The molecule has 3 atom stereocenters. The van der Waals surface area contributed by atoms with Gasteiger partial charge in [-0.1, -0.05) is 28.3 Å². The Morgan fingerprint density at radius 1 is 1.24 bits per heavy atom. The highest BCUT2D eigenvalue weighted by Crippen LogP contribution is 2.41. The van der Waals surface area contributed by atoms with Crippen LogP contribution in [0.25, 0.3) is 0 Å². The van der Waals surface area contributed by atoms with E-state index in [0.29, 0.717) is 27.9 Å². The number of alkyl carbamates (subject to hydrolysis) is 1. The van der Waals surface area contributed by atoms with E-state index in [2.05, 4.69) is 35.3 Å². The van der Waals surface area contributed by atoms with Crippen LogP contribution in [0.3, 0.4) is 0 Å². The summed E-state index contributed by atoms with van der Waals surface area (Å²) < 4.78 is 9.68. The molecule has 3 amide bonds. The van der Waals surface area contributed by atoms with Gasteiger partial charge in [0.25, 0.3) is 11.8 Å². The van der Waals surface area contributed by atoms with E-state index in [0.717, 1.165) is 16.4 Å². The number of thioether (sulfide) groups is 2. The van der Waals surface area contributed by atoms with Gasteiger partial charge in [0.05, 0.1) is 0 Å². The van der Waals surface area contributed by atoms with Crippen LogP contribution in [0.2, 0.25) is 0 Å². The highest BCUT2D eigenvalue weighted by molar-refractivity contribution is 8.01. The summed E-state index contributed by atoms with van der Waals surface area (Å²) in [5.74, 6) is -3.99. The van der Waals surface area contributed by atoms with Gasteiger partial charge in [-0.15, -0.1) is 22.0 Å². The number of anilines is 1. The van der Waals surface area contributed by atoms with Gasteiger partial charge in [-0.05, 0) is 33.3 Å². The minimum Gasteiger partial charge on any atom is -0.478 e. The van der Waals surface area contributed by atoms with Gasteiger partial charge in [0, 0.05) is 36.0 Å². The molecule has 1 saturated heterocycles. The first-order chi connectivity index (χ1) is 21.6. The molecule has 0 bridgehead atoms. The van der Waals surface area contributed by atoms with Gasteiger partial charge in [0.15, 0.2) is 9.47 Å². The molecule has 2 aliphatic rings. The van der Waals surface area contributed by atoms with Crippen molar-refractivity contribution in [2.24, 2.45) is 5.16 Å². The zero-order chi connectivity index (χ0) is 33.8. The van der Waals surface area contributed by atoms with E-state index in [-0.39, 0.29) is 28.2 Å². The molecule has 0 aromatic carbocycles. The fraction of sp³-hybridized carbons (Fsp3) is 0.500. The van der Waals surface area contributed by atoms with Gasteiger partial charge in [0.1, 0.15) is 27.7 Å². The second-order valence-electron chi connectivity index (χ2n) is 10.5. The average molecular weight is 716 g/mol. The van der Waals surface area contributed by atoms with Crippen LogP contribution in [0.1, 0.15) is 38.5 Å².